The smallest absolute Gasteiger partial charge is 0.224 e. The molecule has 2 saturated heterocycles. The van der Waals surface area contributed by atoms with Crippen molar-refractivity contribution in [3.63, 3.8) is 0 Å². The average Bonchev–Trinajstić information content (AvgIpc) is 2.72. The minimum Gasteiger partial charge on any atom is -0.385 e. The molecule has 1 atom stereocenters. The summed E-state index contributed by atoms with van der Waals surface area (Å²) in [4.78, 5) is 16.7. The van der Waals surface area contributed by atoms with Crippen LogP contribution in [0, 0.1) is 5.92 Å². The number of aromatic nitrogens is 2. The van der Waals surface area contributed by atoms with Crippen molar-refractivity contribution >= 4 is 17.5 Å². The van der Waals surface area contributed by atoms with E-state index in [9.17, 15) is 4.79 Å². The molecule has 3 rings (SSSR count). The Bertz CT molecular complexity index is 562. The van der Waals surface area contributed by atoms with Gasteiger partial charge >= 0.3 is 0 Å². The van der Waals surface area contributed by atoms with Crippen molar-refractivity contribution in [2.24, 2.45) is 5.92 Å². The molecule has 3 heterocycles. The molecular formula is C18H29N5O3. The topological polar surface area (TPSA) is 79.8 Å². The summed E-state index contributed by atoms with van der Waals surface area (Å²) >= 11 is 0. The van der Waals surface area contributed by atoms with Gasteiger partial charge in [-0.15, -0.1) is 10.2 Å². The highest BCUT2D eigenvalue weighted by molar-refractivity contribution is 5.79. The molecule has 26 heavy (non-hydrogen) atoms. The number of methoxy groups -OCH3 is 1. The normalized spacial score (nSPS) is 20.9. The zero-order valence-electron chi connectivity index (χ0n) is 15.5. The highest BCUT2D eigenvalue weighted by atomic mass is 16.5. The second-order valence-electron chi connectivity index (χ2n) is 6.77. The van der Waals surface area contributed by atoms with Gasteiger partial charge in [0.15, 0.2) is 11.6 Å². The Labute approximate surface area is 154 Å². The first kappa shape index (κ1) is 18.8. The number of hydrogen-bond acceptors (Lipinski definition) is 7. The number of amides is 1. The molecule has 144 valence electrons. The van der Waals surface area contributed by atoms with Crippen LogP contribution < -0.4 is 15.1 Å². The lowest BCUT2D eigenvalue weighted by Gasteiger charge is -2.33. The largest absolute Gasteiger partial charge is 0.385 e. The molecule has 8 heteroatoms. The fourth-order valence-electron chi connectivity index (χ4n) is 3.42. The molecule has 0 saturated carbocycles. The zero-order valence-corrected chi connectivity index (χ0v) is 15.5. The molecule has 0 aliphatic carbocycles. The number of ether oxygens (including phenoxy) is 2. The molecule has 1 amide bonds. The molecule has 2 aliphatic rings. The number of morpholine rings is 1. The fraction of sp³-hybridized carbons (Fsp3) is 0.722. The monoisotopic (exact) mass is 363 g/mol. The molecule has 1 aromatic rings. The SMILES string of the molecule is COCCCNC(=O)C1CCCN(c2ccc(N3CCOCC3)nn2)C1. The number of nitrogens with zero attached hydrogens (tertiary/aromatic N) is 4. The molecule has 1 aromatic heterocycles. The van der Waals surface area contributed by atoms with E-state index in [1.165, 1.54) is 0 Å². The van der Waals surface area contributed by atoms with Crippen molar-refractivity contribution in [1.29, 1.82) is 0 Å². The van der Waals surface area contributed by atoms with Gasteiger partial charge in [0.25, 0.3) is 0 Å². The van der Waals surface area contributed by atoms with E-state index in [1.54, 1.807) is 7.11 Å². The number of carbonyl (C=O) groups is 1. The number of anilines is 2. The van der Waals surface area contributed by atoms with Gasteiger partial charge in [0.1, 0.15) is 0 Å². The van der Waals surface area contributed by atoms with Gasteiger partial charge in [-0.25, -0.2) is 0 Å². The van der Waals surface area contributed by atoms with Crippen molar-refractivity contribution in [1.82, 2.24) is 15.5 Å². The molecule has 8 nitrogen and oxygen atoms in total. The number of carbonyl (C=O) groups excluding carboxylic acids is 1. The van der Waals surface area contributed by atoms with Crippen LogP contribution in [-0.2, 0) is 14.3 Å². The van der Waals surface area contributed by atoms with Gasteiger partial charge < -0.3 is 24.6 Å². The maximum absolute atomic E-state index is 12.4. The maximum atomic E-state index is 12.4. The second-order valence-corrected chi connectivity index (χ2v) is 6.77. The molecule has 2 aliphatic heterocycles. The Morgan fingerprint density at radius 2 is 1.96 bits per heavy atom. The fourth-order valence-corrected chi connectivity index (χ4v) is 3.42. The van der Waals surface area contributed by atoms with E-state index < -0.39 is 0 Å². The summed E-state index contributed by atoms with van der Waals surface area (Å²) in [7, 11) is 1.67. The lowest BCUT2D eigenvalue weighted by atomic mass is 9.97. The minimum absolute atomic E-state index is 0.00650. The standard InChI is InChI=1S/C18H29N5O3/c1-25-11-3-7-19-18(24)15-4-2-8-23(14-15)17-6-5-16(20-21-17)22-9-12-26-13-10-22/h5-6,15H,2-4,7-14H2,1H3,(H,19,24). The Hall–Kier alpha value is -1.93. The third kappa shape index (κ3) is 5.04. The van der Waals surface area contributed by atoms with Crippen molar-refractivity contribution in [3.8, 4) is 0 Å². The third-order valence-electron chi connectivity index (χ3n) is 4.91. The molecule has 0 bridgehead atoms. The summed E-state index contributed by atoms with van der Waals surface area (Å²) in [5.74, 6) is 1.87. The van der Waals surface area contributed by atoms with Crippen LogP contribution in [0.2, 0.25) is 0 Å². The van der Waals surface area contributed by atoms with Crippen LogP contribution in [-0.4, -0.2) is 75.8 Å². The van der Waals surface area contributed by atoms with E-state index in [4.69, 9.17) is 9.47 Å². The Balaban J connectivity index is 1.52. The van der Waals surface area contributed by atoms with E-state index >= 15 is 0 Å². The first-order valence-corrected chi connectivity index (χ1v) is 9.46. The van der Waals surface area contributed by atoms with Crippen molar-refractivity contribution in [2.75, 3.05) is 69.5 Å². The summed E-state index contributed by atoms with van der Waals surface area (Å²) in [5, 5.41) is 11.8. The molecule has 1 N–H and O–H groups in total. The number of rotatable bonds is 7. The molecule has 2 fully saturated rings. The average molecular weight is 363 g/mol. The quantitative estimate of drug-likeness (QED) is 0.714. The van der Waals surface area contributed by atoms with Gasteiger partial charge in [-0.3, -0.25) is 4.79 Å². The first-order valence-electron chi connectivity index (χ1n) is 9.46. The van der Waals surface area contributed by atoms with Gasteiger partial charge in [-0.2, -0.15) is 0 Å². The summed E-state index contributed by atoms with van der Waals surface area (Å²) in [6.07, 6.45) is 2.75. The third-order valence-corrected chi connectivity index (χ3v) is 4.91. The van der Waals surface area contributed by atoms with Gasteiger partial charge in [0.2, 0.25) is 5.91 Å². The lowest BCUT2D eigenvalue weighted by Crippen LogP contribution is -2.43. The van der Waals surface area contributed by atoms with E-state index in [2.05, 4.69) is 25.3 Å². The lowest BCUT2D eigenvalue weighted by molar-refractivity contribution is -0.125. The summed E-state index contributed by atoms with van der Waals surface area (Å²) in [6.45, 7) is 6.11. The number of nitrogens with one attached hydrogen (secondary N) is 1. The van der Waals surface area contributed by atoms with Crippen molar-refractivity contribution < 1.29 is 14.3 Å². The molecule has 0 aromatic carbocycles. The van der Waals surface area contributed by atoms with Gasteiger partial charge in [0, 0.05) is 46.4 Å². The highest BCUT2D eigenvalue weighted by Crippen LogP contribution is 2.22. The summed E-state index contributed by atoms with van der Waals surface area (Å²) < 4.78 is 10.4. The molecule has 0 radical (unpaired) electrons. The Kier molecular flexibility index (Phi) is 7.02. The number of hydrogen-bond donors (Lipinski definition) is 1. The van der Waals surface area contributed by atoms with Crippen LogP contribution in [0.1, 0.15) is 19.3 Å². The van der Waals surface area contributed by atoms with Crippen molar-refractivity contribution in [3.05, 3.63) is 12.1 Å². The maximum Gasteiger partial charge on any atom is 0.224 e. The minimum atomic E-state index is 0.00650. The Morgan fingerprint density at radius 1 is 1.23 bits per heavy atom. The van der Waals surface area contributed by atoms with Crippen molar-refractivity contribution in [2.45, 2.75) is 19.3 Å². The first-order chi connectivity index (χ1) is 12.8. The van der Waals surface area contributed by atoms with Crippen LogP contribution in [0.5, 0.6) is 0 Å². The van der Waals surface area contributed by atoms with Gasteiger partial charge in [-0.05, 0) is 31.4 Å². The second kappa shape index (κ2) is 9.68. The molecule has 0 spiro atoms. The number of piperidine rings is 1. The molecular weight excluding hydrogens is 334 g/mol. The molecule has 1 unspecified atom stereocenters. The summed E-state index contributed by atoms with van der Waals surface area (Å²) in [5.41, 5.74) is 0. The zero-order chi connectivity index (χ0) is 18.2. The van der Waals surface area contributed by atoms with Crippen LogP contribution in [0.4, 0.5) is 11.6 Å². The van der Waals surface area contributed by atoms with Gasteiger partial charge in [0.05, 0.1) is 19.1 Å². The van der Waals surface area contributed by atoms with Crippen LogP contribution in [0.25, 0.3) is 0 Å². The summed E-state index contributed by atoms with van der Waals surface area (Å²) in [6, 6.07) is 4.03. The van der Waals surface area contributed by atoms with E-state index in [0.717, 1.165) is 63.7 Å². The van der Waals surface area contributed by atoms with E-state index in [1.807, 2.05) is 12.1 Å². The van der Waals surface area contributed by atoms with Crippen LogP contribution in [0.3, 0.4) is 0 Å². The van der Waals surface area contributed by atoms with Gasteiger partial charge in [-0.1, -0.05) is 0 Å². The van der Waals surface area contributed by atoms with E-state index in [-0.39, 0.29) is 11.8 Å². The predicted molar refractivity (Wildman–Crippen MR) is 99.5 cm³/mol. The van der Waals surface area contributed by atoms with Crippen LogP contribution in [0.15, 0.2) is 12.1 Å². The highest BCUT2D eigenvalue weighted by Gasteiger charge is 2.26. The Morgan fingerprint density at radius 3 is 2.65 bits per heavy atom. The van der Waals surface area contributed by atoms with E-state index in [0.29, 0.717) is 19.7 Å². The predicted octanol–water partition coefficient (Wildman–Crippen LogP) is 0.682. The van der Waals surface area contributed by atoms with Crippen LogP contribution >= 0.6 is 0 Å².